The van der Waals surface area contributed by atoms with Gasteiger partial charge in [0.1, 0.15) is 17.9 Å². The first kappa shape index (κ1) is 24.1. The van der Waals surface area contributed by atoms with Gasteiger partial charge in [0.15, 0.2) is 11.5 Å². The van der Waals surface area contributed by atoms with Gasteiger partial charge in [-0.3, -0.25) is 14.9 Å². The van der Waals surface area contributed by atoms with Crippen LogP contribution in [-0.2, 0) is 16.2 Å². The van der Waals surface area contributed by atoms with E-state index in [-0.39, 0.29) is 40.1 Å². The number of hydrogen-bond donors (Lipinski definition) is 2. The molecule has 0 atom stereocenters. The van der Waals surface area contributed by atoms with Gasteiger partial charge in [0, 0.05) is 5.02 Å². The lowest BCUT2D eigenvalue weighted by atomic mass is 10.1. The third kappa shape index (κ3) is 5.24. The lowest BCUT2D eigenvalue weighted by Gasteiger charge is -2.26. The number of phenolic OH excluding ortho intramolecular Hbond substituents is 1. The molecular weight excluding hydrogens is 495 g/mol. The molecule has 1 saturated heterocycles. The van der Waals surface area contributed by atoms with Crippen LogP contribution in [0.25, 0.3) is 6.08 Å². The highest BCUT2D eigenvalue weighted by Crippen LogP contribution is 2.38. The van der Waals surface area contributed by atoms with Gasteiger partial charge in [0.2, 0.25) is 0 Å². The Balaban J connectivity index is 1.64. The Labute approximate surface area is 210 Å². The van der Waals surface area contributed by atoms with Crippen molar-refractivity contribution >= 4 is 52.8 Å². The highest BCUT2D eigenvalue weighted by molar-refractivity contribution is 6.39. The minimum Gasteiger partial charge on any atom is -0.508 e. The van der Waals surface area contributed by atoms with Crippen molar-refractivity contribution < 1.29 is 29.0 Å². The number of benzene rings is 3. The number of urea groups is 1. The van der Waals surface area contributed by atoms with Gasteiger partial charge in [-0.05, 0) is 65.7 Å². The van der Waals surface area contributed by atoms with Crippen LogP contribution in [0.4, 0.5) is 10.5 Å². The number of barbiturate groups is 1. The van der Waals surface area contributed by atoms with E-state index in [2.05, 4.69) is 5.32 Å². The molecule has 1 fully saturated rings. The molecule has 4 rings (SSSR count). The fourth-order valence-electron chi connectivity index (χ4n) is 3.41. The van der Waals surface area contributed by atoms with Gasteiger partial charge < -0.3 is 14.6 Å². The van der Waals surface area contributed by atoms with E-state index in [9.17, 15) is 19.5 Å². The van der Waals surface area contributed by atoms with Crippen molar-refractivity contribution in [1.82, 2.24) is 5.32 Å². The van der Waals surface area contributed by atoms with E-state index in [1.54, 1.807) is 24.3 Å². The standard InChI is InChI=1S/C25H18Cl2N2O6/c1-34-21-12-15(11-20(27)22(21)35-13-14-3-2-4-16(26)9-14)10-19-23(31)28-25(33)29(24(19)32)17-5-7-18(30)8-6-17/h2-12,30H,13H2,1H3,(H,28,31,33)/b19-10+. The number of methoxy groups -OCH3 is 1. The Morgan fingerprint density at radius 3 is 2.46 bits per heavy atom. The van der Waals surface area contributed by atoms with Crippen LogP contribution < -0.4 is 19.7 Å². The number of imide groups is 2. The molecule has 0 aliphatic carbocycles. The summed E-state index contributed by atoms with van der Waals surface area (Å²) < 4.78 is 11.2. The normalized spacial score (nSPS) is 14.8. The average Bonchev–Trinajstić information content (AvgIpc) is 2.82. The Hall–Kier alpha value is -4.01. The zero-order chi connectivity index (χ0) is 25.1. The molecule has 0 bridgehead atoms. The summed E-state index contributed by atoms with van der Waals surface area (Å²) in [5, 5.41) is 12.4. The van der Waals surface area contributed by atoms with Gasteiger partial charge in [0.05, 0.1) is 17.8 Å². The number of halogens is 2. The summed E-state index contributed by atoms with van der Waals surface area (Å²) in [5.41, 5.74) is 1.10. The number of ether oxygens (including phenoxy) is 2. The minimum atomic E-state index is -0.900. The Kier molecular flexibility index (Phi) is 6.95. The number of aromatic hydroxyl groups is 1. The summed E-state index contributed by atoms with van der Waals surface area (Å²) in [7, 11) is 1.43. The molecule has 0 unspecified atom stereocenters. The molecule has 4 amide bonds. The maximum absolute atomic E-state index is 13.0. The number of nitrogens with one attached hydrogen (secondary N) is 1. The van der Waals surface area contributed by atoms with Crippen molar-refractivity contribution in [2.75, 3.05) is 12.0 Å². The molecule has 0 saturated carbocycles. The van der Waals surface area contributed by atoms with Crippen LogP contribution in [0.1, 0.15) is 11.1 Å². The number of nitrogens with zero attached hydrogens (tertiary/aromatic N) is 1. The molecule has 1 heterocycles. The van der Waals surface area contributed by atoms with Crippen molar-refractivity contribution in [2.45, 2.75) is 6.61 Å². The van der Waals surface area contributed by atoms with Crippen LogP contribution in [0.15, 0.2) is 66.2 Å². The Bertz CT molecular complexity index is 1350. The van der Waals surface area contributed by atoms with Crippen LogP contribution in [-0.4, -0.2) is 30.1 Å². The summed E-state index contributed by atoms with van der Waals surface area (Å²) >= 11 is 12.4. The summed E-state index contributed by atoms with van der Waals surface area (Å²) in [5.74, 6) is -1.17. The number of rotatable bonds is 6. The number of carbonyl (C=O) groups excluding carboxylic acids is 3. The molecule has 178 valence electrons. The SMILES string of the molecule is COc1cc(/C=C2\C(=O)NC(=O)N(c3ccc(O)cc3)C2=O)cc(Cl)c1OCc1cccc(Cl)c1. The molecule has 8 nitrogen and oxygen atoms in total. The fraction of sp³-hybridized carbons (Fsp3) is 0.0800. The first-order valence-electron chi connectivity index (χ1n) is 10.2. The predicted molar refractivity (Wildman–Crippen MR) is 131 cm³/mol. The zero-order valence-corrected chi connectivity index (χ0v) is 19.8. The third-order valence-electron chi connectivity index (χ3n) is 5.04. The first-order chi connectivity index (χ1) is 16.8. The van der Waals surface area contributed by atoms with E-state index in [0.29, 0.717) is 10.6 Å². The third-order valence-corrected chi connectivity index (χ3v) is 5.56. The minimum absolute atomic E-state index is 0.0372. The van der Waals surface area contributed by atoms with E-state index in [1.165, 1.54) is 43.5 Å². The Morgan fingerprint density at radius 2 is 1.77 bits per heavy atom. The predicted octanol–water partition coefficient (Wildman–Crippen LogP) is 4.95. The average molecular weight is 513 g/mol. The summed E-state index contributed by atoms with van der Waals surface area (Å²) in [6, 6.07) is 14.7. The van der Waals surface area contributed by atoms with Crippen LogP contribution in [0.3, 0.4) is 0 Å². The molecule has 2 N–H and O–H groups in total. The molecule has 3 aromatic rings. The van der Waals surface area contributed by atoms with Gasteiger partial charge >= 0.3 is 6.03 Å². The quantitative estimate of drug-likeness (QED) is 0.357. The largest absolute Gasteiger partial charge is 0.508 e. The summed E-state index contributed by atoms with van der Waals surface area (Å²) in [6.07, 6.45) is 1.30. The van der Waals surface area contributed by atoms with Crippen LogP contribution >= 0.6 is 23.2 Å². The van der Waals surface area contributed by atoms with Crippen LogP contribution in [0.5, 0.6) is 17.2 Å². The number of hydrogen-bond acceptors (Lipinski definition) is 6. The lowest BCUT2D eigenvalue weighted by Crippen LogP contribution is -2.54. The monoisotopic (exact) mass is 512 g/mol. The molecule has 0 radical (unpaired) electrons. The molecule has 3 aromatic carbocycles. The van der Waals surface area contributed by atoms with Gasteiger partial charge in [-0.25, -0.2) is 9.69 Å². The highest BCUT2D eigenvalue weighted by Gasteiger charge is 2.36. The highest BCUT2D eigenvalue weighted by atomic mass is 35.5. The van der Waals surface area contributed by atoms with E-state index in [1.807, 2.05) is 6.07 Å². The van der Waals surface area contributed by atoms with Crippen molar-refractivity contribution in [3.05, 3.63) is 87.4 Å². The summed E-state index contributed by atoms with van der Waals surface area (Å²) in [6.45, 7) is 0.182. The fourth-order valence-corrected chi connectivity index (χ4v) is 3.89. The second-order valence-corrected chi connectivity index (χ2v) is 8.27. The van der Waals surface area contributed by atoms with Crippen molar-refractivity contribution in [2.24, 2.45) is 0 Å². The number of amides is 4. The zero-order valence-electron chi connectivity index (χ0n) is 18.2. The van der Waals surface area contributed by atoms with E-state index in [4.69, 9.17) is 32.7 Å². The van der Waals surface area contributed by atoms with E-state index < -0.39 is 17.8 Å². The maximum atomic E-state index is 13.0. The van der Waals surface area contributed by atoms with Gasteiger partial charge in [0.25, 0.3) is 11.8 Å². The van der Waals surface area contributed by atoms with Gasteiger partial charge in [-0.15, -0.1) is 0 Å². The Morgan fingerprint density at radius 1 is 1.03 bits per heavy atom. The topological polar surface area (TPSA) is 105 Å². The molecule has 1 aliphatic heterocycles. The molecular formula is C25H18Cl2N2O6. The van der Waals surface area contributed by atoms with Crippen molar-refractivity contribution in [3.8, 4) is 17.2 Å². The second-order valence-electron chi connectivity index (χ2n) is 7.43. The molecule has 0 aromatic heterocycles. The van der Waals surface area contributed by atoms with Gasteiger partial charge in [-0.2, -0.15) is 0 Å². The lowest BCUT2D eigenvalue weighted by molar-refractivity contribution is -0.122. The molecule has 0 spiro atoms. The van der Waals surface area contributed by atoms with E-state index >= 15 is 0 Å². The van der Waals surface area contributed by atoms with E-state index in [0.717, 1.165) is 10.5 Å². The van der Waals surface area contributed by atoms with Gasteiger partial charge in [-0.1, -0.05) is 35.3 Å². The maximum Gasteiger partial charge on any atom is 0.335 e. The van der Waals surface area contributed by atoms with Crippen LogP contribution in [0, 0.1) is 0 Å². The smallest absolute Gasteiger partial charge is 0.335 e. The van der Waals surface area contributed by atoms with Crippen molar-refractivity contribution in [3.63, 3.8) is 0 Å². The van der Waals surface area contributed by atoms with Crippen molar-refractivity contribution in [1.29, 1.82) is 0 Å². The molecule has 1 aliphatic rings. The summed E-state index contributed by atoms with van der Waals surface area (Å²) in [4.78, 5) is 38.6. The number of carbonyl (C=O) groups is 3. The van der Waals surface area contributed by atoms with Crippen LogP contribution in [0.2, 0.25) is 10.0 Å². The first-order valence-corrected chi connectivity index (χ1v) is 11.0. The molecule has 10 heteroatoms. The number of anilines is 1. The second kappa shape index (κ2) is 10.1. The molecule has 35 heavy (non-hydrogen) atoms. The number of phenols is 1.